The number of amides is 2. The van der Waals surface area contributed by atoms with Gasteiger partial charge in [0, 0.05) is 10.4 Å². The van der Waals surface area contributed by atoms with E-state index in [9.17, 15) is 9.59 Å². The molecule has 0 bridgehead atoms. The van der Waals surface area contributed by atoms with Crippen molar-refractivity contribution in [2.75, 3.05) is 17.2 Å². The van der Waals surface area contributed by atoms with Crippen LogP contribution in [0.15, 0.2) is 12.1 Å². The zero-order chi connectivity index (χ0) is 16.2. The van der Waals surface area contributed by atoms with Gasteiger partial charge in [-0.3, -0.25) is 10.1 Å². The number of anilines is 2. The molecule has 0 aromatic heterocycles. The topological polar surface area (TPSA) is 67.4 Å². The quantitative estimate of drug-likeness (QED) is 0.879. The maximum atomic E-state index is 12.1. The van der Waals surface area contributed by atoms with Crippen molar-refractivity contribution in [3.05, 3.63) is 22.7 Å². The highest BCUT2D eigenvalue weighted by molar-refractivity contribution is 6.31. The molecule has 0 atom stereocenters. The molecular formula is C15H21ClN2O3. The average Bonchev–Trinajstić information content (AvgIpc) is 2.32. The van der Waals surface area contributed by atoms with Gasteiger partial charge in [-0.2, -0.15) is 0 Å². The molecule has 0 aliphatic rings. The van der Waals surface area contributed by atoms with E-state index in [1.807, 2.05) is 20.8 Å². The number of rotatable bonds is 3. The molecule has 1 aromatic rings. The highest BCUT2D eigenvalue weighted by atomic mass is 35.5. The van der Waals surface area contributed by atoms with Crippen LogP contribution in [-0.4, -0.2) is 18.6 Å². The molecule has 0 aliphatic heterocycles. The summed E-state index contributed by atoms with van der Waals surface area (Å²) in [4.78, 5) is 23.7. The lowest BCUT2D eigenvalue weighted by Crippen LogP contribution is -2.28. The van der Waals surface area contributed by atoms with Crippen molar-refractivity contribution in [1.82, 2.24) is 0 Å². The molecule has 1 aromatic carbocycles. The van der Waals surface area contributed by atoms with E-state index in [0.717, 1.165) is 5.56 Å². The fourth-order valence-electron chi connectivity index (χ4n) is 1.59. The minimum atomic E-state index is -0.592. The predicted molar refractivity (Wildman–Crippen MR) is 84.9 cm³/mol. The Morgan fingerprint density at radius 2 is 1.86 bits per heavy atom. The van der Waals surface area contributed by atoms with Gasteiger partial charge in [0.05, 0.1) is 18.0 Å². The fraction of sp³-hybridized carbons (Fsp3) is 0.467. The van der Waals surface area contributed by atoms with E-state index in [1.165, 1.54) is 0 Å². The number of carbonyl (C=O) groups is 2. The normalized spacial score (nSPS) is 11.0. The van der Waals surface area contributed by atoms with Crippen molar-refractivity contribution in [2.45, 2.75) is 34.6 Å². The van der Waals surface area contributed by atoms with Gasteiger partial charge in [0.25, 0.3) is 0 Å². The zero-order valence-corrected chi connectivity index (χ0v) is 13.7. The van der Waals surface area contributed by atoms with Gasteiger partial charge in [0.2, 0.25) is 5.91 Å². The van der Waals surface area contributed by atoms with Crippen LogP contribution in [0.5, 0.6) is 0 Å². The van der Waals surface area contributed by atoms with E-state index in [0.29, 0.717) is 16.4 Å². The monoisotopic (exact) mass is 312 g/mol. The summed E-state index contributed by atoms with van der Waals surface area (Å²) in [5, 5.41) is 5.88. The van der Waals surface area contributed by atoms with Crippen LogP contribution < -0.4 is 10.6 Å². The molecule has 0 unspecified atom stereocenters. The van der Waals surface area contributed by atoms with E-state index in [-0.39, 0.29) is 12.5 Å². The predicted octanol–water partition coefficient (Wildman–Crippen LogP) is 4.20. The largest absolute Gasteiger partial charge is 0.450 e. The van der Waals surface area contributed by atoms with Crippen LogP contribution in [0.1, 0.15) is 33.3 Å². The molecule has 0 saturated heterocycles. The standard InChI is InChI=1S/C15H21ClN2O3/c1-6-21-14(20)17-11-8-10(16)7-9(2)12(11)18-13(19)15(3,4)5/h7-8H,6H2,1-5H3,(H,17,20)(H,18,19). The van der Waals surface area contributed by atoms with Crippen molar-refractivity contribution >= 4 is 35.0 Å². The molecule has 2 N–H and O–H groups in total. The lowest BCUT2D eigenvalue weighted by atomic mass is 9.95. The van der Waals surface area contributed by atoms with E-state index < -0.39 is 11.5 Å². The molecule has 0 spiro atoms. The Labute approximate surface area is 130 Å². The number of carbonyl (C=O) groups excluding carboxylic acids is 2. The molecule has 0 heterocycles. The summed E-state index contributed by atoms with van der Waals surface area (Å²) in [7, 11) is 0. The molecule has 0 aliphatic carbocycles. The van der Waals surface area contributed by atoms with Crippen LogP contribution in [0.2, 0.25) is 5.02 Å². The van der Waals surface area contributed by atoms with E-state index in [2.05, 4.69) is 10.6 Å². The Bertz CT molecular complexity index is 551. The second-order valence-electron chi connectivity index (χ2n) is 5.69. The lowest BCUT2D eigenvalue weighted by Gasteiger charge is -2.21. The Morgan fingerprint density at radius 3 is 2.38 bits per heavy atom. The van der Waals surface area contributed by atoms with Crippen molar-refractivity contribution in [1.29, 1.82) is 0 Å². The summed E-state index contributed by atoms with van der Waals surface area (Å²) in [5.41, 5.74) is 1.14. The van der Waals surface area contributed by atoms with E-state index in [1.54, 1.807) is 26.0 Å². The Morgan fingerprint density at radius 1 is 1.24 bits per heavy atom. The Balaban J connectivity index is 3.12. The first-order valence-corrected chi connectivity index (χ1v) is 7.08. The van der Waals surface area contributed by atoms with Crippen LogP contribution in [0.3, 0.4) is 0 Å². The second kappa shape index (κ2) is 6.80. The Hall–Kier alpha value is -1.75. The van der Waals surface area contributed by atoms with Crippen molar-refractivity contribution in [3.63, 3.8) is 0 Å². The van der Waals surface area contributed by atoms with Crippen LogP contribution >= 0.6 is 11.6 Å². The van der Waals surface area contributed by atoms with Crippen LogP contribution in [0, 0.1) is 12.3 Å². The third kappa shape index (κ3) is 4.93. The molecule has 0 radical (unpaired) electrons. The molecule has 116 valence electrons. The fourth-order valence-corrected chi connectivity index (χ4v) is 1.86. The second-order valence-corrected chi connectivity index (χ2v) is 6.13. The molecule has 0 saturated carbocycles. The smallest absolute Gasteiger partial charge is 0.411 e. The molecular weight excluding hydrogens is 292 g/mol. The van der Waals surface area contributed by atoms with Crippen LogP contribution in [0.4, 0.5) is 16.2 Å². The molecule has 1 rings (SSSR count). The first-order chi connectivity index (χ1) is 9.65. The van der Waals surface area contributed by atoms with Crippen molar-refractivity contribution in [2.24, 2.45) is 5.41 Å². The summed E-state index contributed by atoms with van der Waals surface area (Å²) in [6.45, 7) is 9.21. The minimum absolute atomic E-state index is 0.153. The highest BCUT2D eigenvalue weighted by Crippen LogP contribution is 2.31. The van der Waals surface area contributed by atoms with Gasteiger partial charge in [0.15, 0.2) is 0 Å². The summed E-state index contributed by atoms with van der Waals surface area (Å²) in [5.74, 6) is -0.153. The minimum Gasteiger partial charge on any atom is -0.450 e. The van der Waals surface area contributed by atoms with E-state index >= 15 is 0 Å². The van der Waals surface area contributed by atoms with Gasteiger partial charge < -0.3 is 10.1 Å². The molecule has 0 fully saturated rings. The lowest BCUT2D eigenvalue weighted by molar-refractivity contribution is -0.123. The first kappa shape index (κ1) is 17.3. The van der Waals surface area contributed by atoms with Gasteiger partial charge >= 0.3 is 6.09 Å². The molecule has 5 nitrogen and oxygen atoms in total. The summed E-state index contributed by atoms with van der Waals surface area (Å²) in [6, 6.07) is 3.29. The van der Waals surface area contributed by atoms with Crippen molar-refractivity contribution < 1.29 is 14.3 Å². The van der Waals surface area contributed by atoms with Gasteiger partial charge in [-0.25, -0.2) is 4.79 Å². The van der Waals surface area contributed by atoms with Crippen LogP contribution in [0.25, 0.3) is 0 Å². The van der Waals surface area contributed by atoms with Gasteiger partial charge in [-0.1, -0.05) is 32.4 Å². The number of nitrogens with one attached hydrogen (secondary N) is 2. The van der Waals surface area contributed by atoms with E-state index in [4.69, 9.17) is 16.3 Å². The van der Waals surface area contributed by atoms with Crippen molar-refractivity contribution in [3.8, 4) is 0 Å². The number of benzene rings is 1. The summed E-state index contributed by atoms with van der Waals surface area (Å²) in [6.07, 6.45) is -0.592. The molecule has 2 amide bonds. The first-order valence-electron chi connectivity index (χ1n) is 6.70. The van der Waals surface area contributed by atoms with Crippen LogP contribution in [-0.2, 0) is 9.53 Å². The van der Waals surface area contributed by atoms with Gasteiger partial charge in [-0.05, 0) is 31.5 Å². The number of hydrogen-bond donors (Lipinski definition) is 2. The SMILES string of the molecule is CCOC(=O)Nc1cc(Cl)cc(C)c1NC(=O)C(C)(C)C. The number of aryl methyl sites for hydroxylation is 1. The summed E-state index contributed by atoms with van der Waals surface area (Å²) >= 11 is 6.00. The number of hydrogen-bond acceptors (Lipinski definition) is 3. The number of halogens is 1. The van der Waals surface area contributed by atoms with Gasteiger partial charge in [0.1, 0.15) is 0 Å². The maximum absolute atomic E-state index is 12.1. The number of ether oxygens (including phenoxy) is 1. The zero-order valence-electron chi connectivity index (χ0n) is 13.0. The Kier molecular flexibility index (Phi) is 5.61. The highest BCUT2D eigenvalue weighted by Gasteiger charge is 2.23. The van der Waals surface area contributed by atoms with Gasteiger partial charge in [-0.15, -0.1) is 0 Å². The third-order valence-electron chi connectivity index (χ3n) is 2.73. The average molecular weight is 313 g/mol. The molecule has 21 heavy (non-hydrogen) atoms. The summed E-state index contributed by atoms with van der Waals surface area (Å²) < 4.78 is 4.85. The molecule has 6 heteroatoms. The third-order valence-corrected chi connectivity index (χ3v) is 2.95. The maximum Gasteiger partial charge on any atom is 0.411 e.